The Balaban J connectivity index is 2.10. The molecule has 4 nitrogen and oxygen atoms in total. The minimum absolute atomic E-state index is 0.198. The first-order valence-electron chi connectivity index (χ1n) is 5.40. The highest BCUT2D eigenvalue weighted by molar-refractivity contribution is 9.10. The second-order valence-corrected chi connectivity index (χ2v) is 5.24. The Morgan fingerprint density at radius 1 is 1.53 bits per heavy atom. The molecule has 5 heteroatoms. The van der Waals surface area contributed by atoms with E-state index in [0.29, 0.717) is 0 Å². The molecule has 0 aliphatic heterocycles. The summed E-state index contributed by atoms with van der Waals surface area (Å²) in [7, 11) is 1.42. The summed E-state index contributed by atoms with van der Waals surface area (Å²) in [6.07, 6.45) is 1.61. The first-order valence-corrected chi connectivity index (χ1v) is 6.19. The molecule has 0 radical (unpaired) electrons. The Bertz CT molecular complexity index is 602. The fourth-order valence-corrected chi connectivity index (χ4v) is 2.43. The number of carbonyl (C=O) groups excluding carboxylic acids is 1. The number of carbonyl (C=O) groups is 1. The largest absolute Gasteiger partial charge is 0.468 e. The average Bonchev–Trinajstić information content (AvgIpc) is 3.03. The normalized spacial score (nSPS) is 17.1. The lowest BCUT2D eigenvalue weighted by Gasteiger charge is -2.08. The summed E-state index contributed by atoms with van der Waals surface area (Å²) >= 11 is 3.41. The predicted molar refractivity (Wildman–Crippen MR) is 66.7 cm³/mol. The van der Waals surface area contributed by atoms with Crippen LogP contribution in [0.3, 0.4) is 0 Å². The molecule has 0 spiro atoms. The number of hydrogen-bond acceptors (Lipinski definition) is 3. The second kappa shape index (κ2) is 3.57. The molecule has 0 bridgehead atoms. The molecule has 2 aromatic rings. The number of aromatic nitrogens is 2. The summed E-state index contributed by atoms with van der Waals surface area (Å²) in [6, 6.07) is 5.82. The van der Waals surface area contributed by atoms with Crippen molar-refractivity contribution in [3.8, 4) is 0 Å². The molecular formula is C12H11BrN2O2. The van der Waals surface area contributed by atoms with E-state index in [-0.39, 0.29) is 5.97 Å². The zero-order valence-corrected chi connectivity index (χ0v) is 10.9. The Hall–Kier alpha value is -1.36. The number of imidazole rings is 1. The van der Waals surface area contributed by atoms with Gasteiger partial charge >= 0.3 is 5.97 Å². The van der Waals surface area contributed by atoms with Gasteiger partial charge < -0.3 is 9.72 Å². The van der Waals surface area contributed by atoms with Crippen molar-refractivity contribution in [3.63, 3.8) is 0 Å². The van der Waals surface area contributed by atoms with Gasteiger partial charge in [0.1, 0.15) is 11.2 Å². The molecule has 3 rings (SSSR count). The number of nitrogens with one attached hydrogen (secondary N) is 1. The van der Waals surface area contributed by atoms with Crippen LogP contribution >= 0.6 is 15.9 Å². The number of H-pyrrole nitrogens is 1. The molecule has 1 aliphatic rings. The summed E-state index contributed by atoms with van der Waals surface area (Å²) in [5.41, 5.74) is 1.28. The number of aromatic amines is 1. The van der Waals surface area contributed by atoms with E-state index in [1.54, 1.807) is 0 Å². The maximum absolute atomic E-state index is 11.7. The van der Waals surface area contributed by atoms with E-state index >= 15 is 0 Å². The van der Waals surface area contributed by atoms with Crippen molar-refractivity contribution in [3.05, 3.63) is 28.5 Å². The lowest BCUT2D eigenvalue weighted by molar-refractivity contribution is -0.143. The van der Waals surface area contributed by atoms with E-state index in [1.807, 2.05) is 18.2 Å². The number of fused-ring (bicyclic) bond motifs is 1. The molecule has 1 aliphatic carbocycles. The highest BCUT2D eigenvalue weighted by Crippen LogP contribution is 2.48. The van der Waals surface area contributed by atoms with Crippen molar-refractivity contribution in [1.29, 1.82) is 0 Å². The first kappa shape index (κ1) is 10.8. The number of esters is 1. The van der Waals surface area contributed by atoms with Crippen LogP contribution in [0.4, 0.5) is 0 Å². The maximum Gasteiger partial charge on any atom is 0.319 e. The van der Waals surface area contributed by atoms with E-state index < -0.39 is 5.41 Å². The van der Waals surface area contributed by atoms with Crippen LogP contribution in [-0.4, -0.2) is 23.0 Å². The van der Waals surface area contributed by atoms with Gasteiger partial charge in [-0.15, -0.1) is 0 Å². The molecule has 0 saturated heterocycles. The minimum atomic E-state index is -0.528. The monoisotopic (exact) mass is 294 g/mol. The van der Waals surface area contributed by atoms with Crippen molar-refractivity contribution in [2.24, 2.45) is 0 Å². The van der Waals surface area contributed by atoms with Crippen LogP contribution in [0.1, 0.15) is 18.7 Å². The molecule has 1 aromatic carbocycles. The second-order valence-electron chi connectivity index (χ2n) is 4.32. The average molecular weight is 295 g/mol. The standard InChI is InChI=1S/C12H11BrN2O2/c1-17-11(16)12(4-5-12)10-14-8-3-2-7(13)6-9(8)15-10/h2-3,6H,4-5H2,1H3,(H,14,15). The number of ether oxygens (including phenoxy) is 1. The van der Waals surface area contributed by atoms with Gasteiger partial charge in [0, 0.05) is 4.47 Å². The first-order chi connectivity index (χ1) is 8.15. The summed E-state index contributed by atoms with van der Waals surface area (Å²) in [5, 5.41) is 0. The molecule has 0 atom stereocenters. The topological polar surface area (TPSA) is 55.0 Å². The van der Waals surface area contributed by atoms with Gasteiger partial charge in [-0.2, -0.15) is 0 Å². The highest BCUT2D eigenvalue weighted by atomic mass is 79.9. The van der Waals surface area contributed by atoms with Gasteiger partial charge in [-0.05, 0) is 31.0 Å². The number of hydrogen-bond donors (Lipinski definition) is 1. The third-order valence-electron chi connectivity index (χ3n) is 3.22. The van der Waals surface area contributed by atoms with Gasteiger partial charge in [0.05, 0.1) is 18.1 Å². The number of benzene rings is 1. The van der Waals surface area contributed by atoms with Crippen molar-refractivity contribution in [2.75, 3.05) is 7.11 Å². The molecule has 0 unspecified atom stereocenters. The Labute approximate surface area is 107 Å². The van der Waals surface area contributed by atoms with Gasteiger partial charge in [0.2, 0.25) is 0 Å². The van der Waals surface area contributed by atoms with Gasteiger partial charge in [-0.3, -0.25) is 4.79 Å². The van der Waals surface area contributed by atoms with Crippen LogP contribution in [0, 0.1) is 0 Å². The number of rotatable bonds is 2. The van der Waals surface area contributed by atoms with E-state index in [0.717, 1.165) is 34.2 Å². The third-order valence-corrected chi connectivity index (χ3v) is 3.72. The zero-order chi connectivity index (χ0) is 12.0. The summed E-state index contributed by atoms with van der Waals surface area (Å²) in [4.78, 5) is 19.4. The van der Waals surface area contributed by atoms with E-state index in [9.17, 15) is 4.79 Å². The van der Waals surface area contributed by atoms with Crippen molar-refractivity contribution in [2.45, 2.75) is 18.3 Å². The van der Waals surface area contributed by atoms with Crippen molar-refractivity contribution in [1.82, 2.24) is 9.97 Å². The summed E-state index contributed by atoms with van der Waals surface area (Å²) in [5.74, 6) is 0.521. The fraction of sp³-hybridized carbons (Fsp3) is 0.333. The highest BCUT2D eigenvalue weighted by Gasteiger charge is 2.55. The molecular weight excluding hydrogens is 284 g/mol. The molecule has 1 aromatic heterocycles. The van der Waals surface area contributed by atoms with Crippen molar-refractivity contribution < 1.29 is 9.53 Å². The number of halogens is 1. The lowest BCUT2D eigenvalue weighted by atomic mass is 10.1. The van der Waals surface area contributed by atoms with E-state index in [1.165, 1.54) is 7.11 Å². The number of methoxy groups -OCH3 is 1. The summed E-state index contributed by atoms with van der Waals surface area (Å²) in [6.45, 7) is 0. The Kier molecular flexibility index (Phi) is 2.26. The Morgan fingerprint density at radius 2 is 2.29 bits per heavy atom. The fourth-order valence-electron chi connectivity index (χ4n) is 2.07. The number of nitrogens with zero attached hydrogens (tertiary/aromatic N) is 1. The van der Waals surface area contributed by atoms with Crippen LogP contribution in [0.25, 0.3) is 11.0 Å². The van der Waals surface area contributed by atoms with Crippen LogP contribution < -0.4 is 0 Å². The molecule has 1 fully saturated rings. The van der Waals surface area contributed by atoms with E-state index in [2.05, 4.69) is 25.9 Å². The zero-order valence-electron chi connectivity index (χ0n) is 9.29. The van der Waals surface area contributed by atoms with Gasteiger partial charge in [-0.1, -0.05) is 15.9 Å². The van der Waals surface area contributed by atoms with Gasteiger partial charge in [0.15, 0.2) is 0 Å². The quantitative estimate of drug-likeness (QED) is 0.866. The molecule has 1 heterocycles. The molecule has 88 valence electrons. The molecule has 1 saturated carbocycles. The Morgan fingerprint density at radius 3 is 2.94 bits per heavy atom. The molecule has 17 heavy (non-hydrogen) atoms. The minimum Gasteiger partial charge on any atom is -0.468 e. The van der Waals surface area contributed by atoms with Crippen LogP contribution in [-0.2, 0) is 14.9 Å². The van der Waals surface area contributed by atoms with Crippen LogP contribution in [0.2, 0.25) is 0 Å². The lowest BCUT2D eigenvalue weighted by Crippen LogP contribution is -2.23. The SMILES string of the molecule is COC(=O)C1(c2nc3ccc(Br)cc3[nH]2)CC1. The van der Waals surface area contributed by atoms with E-state index in [4.69, 9.17) is 4.74 Å². The van der Waals surface area contributed by atoms with Crippen LogP contribution in [0.15, 0.2) is 22.7 Å². The van der Waals surface area contributed by atoms with Gasteiger partial charge in [-0.25, -0.2) is 4.98 Å². The molecule has 1 N–H and O–H groups in total. The smallest absolute Gasteiger partial charge is 0.319 e. The van der Waals surface area contributed by atoms with Crippen LogP contribution in [0.5, 0.6) is 0 Å². The van der Waals surface area contributed by atoms with Gasteiger partial charge in [0.25, 0.3) is 0 Å². The maximum atomic E-state index is 11.7. The molecule has 0 amide bonds. The summed E-state index contributed by atoms with van der Waals surface area (Å²) < 4.78 is 5.83. The van der Waals surface area contributed by atoms with Crippen molar-refractivity contribution >= 4 is 32.9 Å². The predicted octanol–water partition coefficient (Wildman–Crippen LogP) is 2.53. The third kappa shape index (κ3) is 1.57.